The molecule has 124 valence electrons. The molecular formula is C16H21N3O3S. The van der Waals surface area contributed by atoms with Crippen LogP contribution in [0.2, 0.25) is 0 Å². The highest BCUT2D eigenvalue weighted by Gasteiger charge is 2.17. The van der Waals surface area contributed by atoms with Crippen LogP contribution < -0.4 is 5.32 Å². The summed E-state index contributed by atoms with van der Waals surface area (Å²) in [6, 6.07) is 6.43. The van der Waals surface area contributed by atoms with Crippen molar-refractivity contribution in [2.24, 2.45) is 0 Å². The number of nitrogens with one attached hydrogen (secondary N) is 1. The van der Waals surface area contributed by atoms with E-state index in [1.54, 1.807) is 29.9 Å². The molecule has 1 heterocycles. The van der Waals surface area contributed by atoms with E-state index >= 15 is 0 Å². The number of sulfone groups is 1. The van der Waals surface area contributed by atoms with Crippen LogP contribution in [0.15, 0.2) is 35.4 Å². The van der Waals surface area contributed by atoms with Crippen molar-refractivity contribution in [2.75, 3.05) is 11.6 Å². The maximum atomic E-state index is 12.5. The summed E-state index contributed by atoms with van der Waals surface area (Å²) in [5, 5.41) is 7.03. The van der Waals surface area contributed by atoms with Crippen LogP contribution in [-0.4, -0.2) is 30.4 Å². The van der Waals surface area contributed by atoms with Crippen LogP contribution >= 0.6 is 0 Å². The van der Waals surface area contributed by atoms with Gasteiger partial charge in [-0.2, -0.15) is 5.10 Å². The molecule has 0 saturated heterocycles. The van der Waals surface area contributed by atoms with Crippen molar-refractivity contribution in [3.05, 3.63) is 41.6 Å². The van der Waals surface area contributed by atoms with Crippen LogP contribution in [0, 0.1) is 6.92 Å². The van der Waals surface area contributed by atoms with Crippen molar-refractivity contribution in [1.82, 2.24) is 9.78 Å². The Balaban J connectivity index is 2.34. The zero-order valence-electron chi connectivity index (χ0n) is 13.7. The van der Waals surface area contributed by atoms with Gasteiger partial charge < -0.3 is 5.32 Å². The Labute approximate surface area is 136 Å². The molecule has 1 N–H and O–H groups in total. The first-order chi connectivity index (χ1) is 10.7. The maximum Gasteiger partial charge on any atom is 0.257 e. The molecule has 2 rings (SSSR count). The summed E-state index contributed by atoms with van der Waals surface area (Å²) >= 11 is 0. The molecule has 0 aliphatic heterocycles. The number of aryl methyl sites for hydroxylation is 1. The summed E-state index contributed by atoms with van der Waals surface area (Å²) in [6.45, 7) is 5.82. The quantitative estimate of drug-likeness (QED) is 0.911. The Bertz CT molecular complexity index is 825. The lowest BCUT2D eigenvalue weighted by Gasteiger charge is -2.15. The van der Waals surface area contributed by atoms with E-state index in [9.17, 15) is 13.2 Å². The lowest BCUT2D eigenvalue weighted by molar-refractivity contribution is 0.102. The molecule has 0 radical (unpaired) electrons. The second-order valence-corrected chi connectivity index (χ2v) is 7.64. The fraction of sp³-hybridized carbons (Fsp3) is 0.375. The summed E-state index contributed by atoms with van der Waals surface area (Å²) in [7, 11) is -3.36. The predicted octanol–water partition coefficient (Wildman–Crippen LogP) is 2.82. The molecule has 0 aliphatic carbocycles. The third-order valence-corrected chi connectivity index (χ3v) is 4.91. The summed E-state index contributed by atoms with van der Waals surface area (Å²) in [6.07, 6.45) is 3.63. The molecule has 6 nitrogen and oxygen atoms in total. The second kappa shape index (κ2) is 6.54. The molecule has 0 aliphatic rings. The number of hydrogen-bond acceptors (Lipinski definition) is 4. The highest BCUT2D eigenvalue weighted by molar-refractivity contribution is 7.90. The Morgan fingerprint density at radius 1 is 1.35 bits per heavy atom. The van der Waals surface area contributed by atoms with E-state index in [0.717, 1.165) is 12.7 Å². The summed E-state index contributed by atoms with van der Waals surface area (Å²) < 4.78 is 25.1. The van der Waals surface area contributed by atoms with Gasteiger partial charge in [-0.25, -0.2) is 13.1 Å². The van der Waals surface area contributed by atoms with E-state index < -0.39 is 9.84 Å². The highest BCUT2D eigenvalue weighted by Crippen LogP contribution is 2.20. The SMILES string of the molecule is CCC(C)n1nccc1NC(=O)c1cc(S(C)(=O)=O)ccc1C. The van der Waals surface area contributed by atoms with E-state index in [4.69, 9.17) is 0 Å². The van der Waals surface area contributed by atoms with Gasteiger partial charge in [-0.05, 0) is 38.0 Å². The fourth-order valence-corrected chi connectivity index (χ4v) is 2.84. The smallest absolute Gasteiger partial charge is 0.257 e. The van der Waals surface area contributed by atoms with Crippen LogP contribution in [0.1, 0.15) is 42.2 Å². The molecule has 23 heavy (non-hydrogen) atoms. The minimum Gasteiger partial charge on any atom is -0.307 e. The van der Waals surface area contributed by atoms with Gasteiger partial charge in [0, 0.05) is 17.9 Å². The first kappa shape index (κ1) is 17.2. The van der Waals surface area contributed by atoms with Gasteiger partial charge in [0.1, 0.15) is 5.82 Å². The Morgan fingerprint density at radius 2 is 2.04 bits per heavy atom. The second-order valence-electron chi connectivity index (χ2n) is 5.62. The average Bonchev–Trinajstić information content (AvgIpc) is 2.93. The lowest BCUT2D eigenvalue weighted by Crippen LogP contribution is -2.18. The molecule has 1 aromatic carbocycles. The first-order valence-corrected chi connectivity index (χ1v) is 9.28. The Hall–Kier alpha value is -2.15. The van der Waals surface area contributed by atoms with Crippen LogP contribution in [0.5, 0.6) is 0 Å². The molecule has 0 spiro atoms. The van der Waals surface area contributed by atoms with Crippen molar-refractivity contribution in [3.8, 4) is 0 Å². The summed E-state index contributed by atoms with van der Waals surface area (Å²) in [5.41, 5.74) is 1.05. The number of amides is 1. The molecule has 1 unspecified atom stereocenters. The minimum atomic E-state index is -3.36. The maximum absolute atomic E-state index is 12.5. The molecule has 0 fully saturated rings. The van der Waals surface area contributed by atoms with Crippen LogP contribution in [0.4, 0.5) is 5.82 Å². The predicted molar refractivity (Wildman–Crippen MR) is 89.5 cm³/mol. The Kier molecular flexibility index (Phi) is 4.89. The van der Waals surface area contributed by atoms with Gasteiger partial charge in [0.25, 0.3) is 5.91 Å². The fourth-order valence-electron chi connectivity index (χ4n) is 2.20. The van der Waals surface area contributed by atoms with E-state index in [2.05, 4.69) is 10.4 Å². The molecule has 1 aromatic heterocycles. The van der Waals surface area contributed by atoms with Crippen molar-refractivity contribution in [3.63, 3.8) is 0 Å². The number of carbonyl (C=O) groups excluding carboxylic acids is 1. The molecule has 7 heteroatoms. The number of rotatable bonds is 5. The zero-order valence-corrected chi connectivity index (χ0v) is 14.5. The van der Waals surface area contributed by atoms with E-state index in [1.807, 2.05) is 13.8 Å². The van der Waals surface area contributed by atoms with Gasteiger partial charge in [0.15, 0.2) is 9.84 Å². The van der Waals surface area contributed by atoms with Gasteiger partial charge in [-0.3, -0.25) is 4.79 Å². The van der Waals surface area contributed by atoms with Gasteiger partial charge in [-0.1, -0.05) is 13.0 Å². The number of aromatic nitrogens is 2. The number of nitrogens with zero attached hydrogens (tertiary/aromatic N) is 2. The van der Waals surface area contributed by atoms with Gasteiger partial charge in [0.2, 0.25) is 0 Å². The summed E-state index contributed by atoms with van der Waals surface area (Å²) in [4.78, 5) is 12.7. The van der Waals surface area contributed by atoms with Crippen LogP contribution in [0.3, 0.4) is 0 Å². The third-order valence-electron chi connectivity index (χ3n) is 3.80. The number of hydrogen-bond donors (Lipinski definition) is 1. The number of anilines is 1. The number of benzene rings is 1. The molecule has 0 bridgehead atoms. The van der Waals surface area contributed by atoms with Crippen LogP contribution in [0.25, 0.3) is 0 Å². The van der Waals surface area contributed by atoms with Crippen molar-refractivity contribution >= 4 is 21.6 Å². The minimum absolute atomic E-state index is 0.128. The topological polar surface area (TPSA) is 81.1 Å². The highest BCUT2D eigenvalue weighted by atomic mass is 32.2. The zero-order chi connectivity index (χ0) is 17.2. The van der Waals surface area contributed by atoms with Gasteiger partial charge in [0.05, 0.1) is 17.1 Å². The molecule has 2 aromatic rings. The van der Waals surface area contributed by atoms with Crippen molar-refractivity contribution in [2.45, 2.75) is 38.1 Å². The van der Waals surface area contributed by atoms with Crippen LogP contribution in [-0.2, 0) is 9.84 Å². The normalized spacial score (nSPS) is 12.9. The standard InChI is InChI=1S/C16H21N3O3S/c1-5-12(3)19-15(8-9-17-19)18-16(20)14-10-13(23(4,21)22)7-6-11(14)2/h6-10,12H,5H2,1-4H3,(H,18,20). The lowest BCUT2D eigenvalue weighted by atomic mass is 10.1. The molecular weight excluding hydrogens is 314 g/mol. The Morgan fingerprint density at radius 3 is 2.65 bits per heavy atom. The van der Waals surface area contributed by atoms with E-state index in [0.29, 0.717) is 16.9 Å². The van der Waals surface area contributed by atoms with Crippen molar-refractivity contribution < 1.29 is 13.2 Å². The van der Waals surface area contributed by atoms with Gasteiger partial charge in [-0.15, -0.1) is 0 Å². The van der Waals surface area contributed by atoms with Crippen molar-refractivity contribution in [1.29, 1.82) is 0 Å². The number of carbonyl (C=O) groups is 1. The molecule has 0 saturated carbocycles. The largest absolute Gasteiger partial charge is 0.307 e. The monoisotopic (exact) mass is 335 g/mol. The van der Waals surface area contributed by atoms with Gasteiger partial charge >= 0.3 is 0 Å². The van der Waals surface area contributed by atoms with E-state index in [1.165, 1.54) is 12.1 Å². The summed E-state index contributed by atoms with van der Waals surface area (Å²) in [5.74, 6) is 0.242. The molecule has 1 amide bonds. The van der Waals surface area contributed by atoms with E-state index in [-0.39, 0.29) is 16.8 Å². The first-order valence-electron chi connectivity index (χ1n) is 7.39. The third kappa shape index (κ3) is 3.79. The molecule has 1 atom stereocenters. The average molecular weight is 335 g/mol.